The third kappa shape index (κ3) is 6.65. The number of carbonyl (C=O) groups excluding carboxylic acids is 5. The van der Waals surface area contributed by atoms with Crippen molar-refractivity contribution in [3.63, 3.8) is 0 Å². The van der Waals surface area contributed by atoms with E-state index in [9.17, 15) is 47.8 Å². The molecule has 16 heteroatoms. The molecule has 0 unspecified atom stereocenters. The van der Waals surface area contributed by atoms with Crippen LogP contribution in [0, 0.1) is 11.6 Å². The number of fused-ring (bicyclic) bond motifs is 4. The summed E-state index contributed by atoms with van der Waals surface area (Å²) in [5.41, 5.74) is -2.06. The summed E-state index contributed by atoms with van der Waals surface area (Å²) in [7, 11) is 0. The predicted octanol–water partition coefficient (Wildman–Crippen LogP) is 6.16. The van der Waals surface area contributed by atoms with Crippen LogP contribution in [0.5, 0.6) is 5.75 Å². The van der Waals surface area contributed by atoms with Crippen molar-refractivity contribution in [2.75, 3.05) is 13.1 Å². The highest BCUT2D eigenvalue weighted by atomic mass is 19.1. The Morgan fingerprint density at radius 3 is 1.85 bits per heavy atom. The molecule has 2 aromatic heterocycles. The van der Waals surface area contributed by atoms with Crippen LogP contribution in [0.3, 0.4) is 0 Å². The van der Waals surface area contributed by atoms with Gasteiger partial charge in [0.15, 0.2) is 0 Å². The Morgan fingerprint density at radius 2 is 1.23 bits per heavy atom. The number of ether oxygens (including phenoxy) is 1. The van der Waals surface area contributed by atoms with Crippen LogP contribution < -0.4 is 15.4 Å². The number of hydrogen-bond donors (Lipinski definition) is 5. The average Bonchev–Trinajstić information content (AvgIpc) is 3.90. The minimum atomic E-state index is -1.36. The second kappa shape index (κ2) is 15.4. The van der Waals surface area contributed by atoms with Gasteiger partial charge in [0.1, 0.15) is 64.2 Å². The van der Waals surface area contributed by atoms with Crippen LogP contribution in [-0.4, -0.2) is 72.9 Å². The van der Waals surface area contributed by atoms with Gasteiger partial charge in [0.05, 0.1) is 11.4 Å². The molecule has 2 spiro atoms. The van der Waals surface area contributed by atoms with Gasteiger partial charge in [-0.25, -0.2) is 13.6 Å². The number of nitrogens with zero attached hydrogens (tertiary/aromatic N) is 2. The number of halogens is 2. The molecule has 14 nitrogen and oxygen atoms in total. The summed E-state index contributed by atoms with van der Waals surface area (Å²) >= 11 is 0. The summed E-state index contributed by atoms with van der Waals surface area (Å²) < 4.78 is 37.3. The predicted molar refractivity (Wildman–Crippen MR) is 209 cm³/mol. The lowest BCUT2D eigenvalue weighted by molar-refractivity contribution is -0.137. The van der Waals surface area contributed by atoms with Crippen molar-refractivity contribution in [2.24, 2.45) is 0 Å². The number of carboxylic acids is 1. The SMILES string of the molecule is O=C(O)CNC(=O)C1=C(O)C2(CCCCC2)n2ccc(-c3ccc(F)cc3OC(=O)CNC(=O)C3=C(O)C4(CCCCC4)n4cc(-c5ccc(F)cc5)cc4C3=O)c2C1=O. The Labute approximate surface area is 341 Å². The Bertz CT molecular complexity index is 2550. The number of carbonyl (C=O) groups is 6. The third-order valence-electron chi connectivity index (χ3n) is 12.1. The first-order valence-corrected chi connectivity index (χ1v) is 19.7. The number of aliphatic carboxylic acids is 1. The molecule has 2 aliphatic heterocycles. The van der Waals surface area contributed by atoms with Crippen molar-refractivity contribution in [3.8, 4) is 28.0 Å². The fraction of sp³-hybridized carbons (Fsp3) is 0.318. The number of rotatable bonds is 9. The van der Waals surface area contributed by atoms with Crippen LogP contribution in [0.4, 0.5) is 8.78 Å². The molecule has 0 radical (unpaired) electrons. The molecule has 8 rings (SSSR count). The van der Waals surface area contributed by atoms with Crippen LogP contribution in [0.25, 0.3) is 22.3 Å². The summed E-state index contributed by atoms with van der Waals surface area (Å²) in [6, 6.07) is 12.0. The van der Waals surface area contributed by atoms with Gasteiger partial charge in [0, 0.05) is 35.2 Å². The van der Waals surface area contributed by atoms with Crippen LogP contribution in [0.2, 0.25) is 0 Å². The highest BCUT2D eigenvalue weighted by molar-refractivity contribution is 6.28. The number of aliphatic hydroxyl groups excluding tert-OH is 2. The molecule has 5 N–H and O–H groups in total. The van der Waals surface area contributed by atoms with E-state index >= 15 is 0 Å². The normalized spacial score (nSPS) is 18.0. The number of hydrogen-bond acceptors (Lipinski definition) is 9. The summed E-state index contributed by atoms with van der Waals surface area (Å²) in [4.78, 5) is 79.7. The number of esters is 1. The lowest BCUT2D eigenvalue weighted by Crippen LogP contribution is -2.47. The number of Topliss-reactive ketones (excluding diaryl/α,β-unsaturated/α-hetero) is 2. The Morgan fingerprint density at radius 1 is 0.667 bits per heavy atom. The molecular weight excluding hydrogens is 782 g/mol. The van der Waals surface area contributed by atoms with Crippen LogP contribution in [0.15, 0.2) is 89.7 Å². The minimum Gasteiger partial charge on any atom is -0.509 e. The van der Waals surface area contributed by atoms with Crippen LogP contribution in [-0.2, 0) is 30.3 Å². The Kier molecular flexibility index (Phi) is 10.3. The summed E-state index contributed by atoms with van der Waals surface area (Å²) in [6.45, 7) is -1.63. The van der Waals surface area contributed by atoms with E-state index < -0.39 is 93.8 Å². The Balaban J connectivity index is 1.07. The zero-order chi connectivity index (χ0) is 42.5. The second-order valence-corrected chi connectivity index (χ2v) is 15.6. The maximum Gasteiger partial charge on any atom is 0.330 e. The topological polar surface area (TPSA) is 206 Å². The van der Waals surface area contributed by atoms with E-state index in [2.05, 4.69) is 10.6 Å². The first-order valence-electron chi connectivity index (χ1n) is 19.7. The van der Waals surface area contributed by atoms with Crippen molar-refractivity contribution in [3.05, 3.63) is 113 Å². The lowest BCUT2D eigenvalue weighted by Gasteiger charge is -2.42. The van der Waals surface area contributed by atoms with E-state index in [-0.39, 0.29) is 28.3 Å². The molecule has 4 aliphatic rings. The van der Waals surface area contributed by atoms with E-state index in [1.165, 1.54) is 24.3 Å². The van der Waals surface area contributed by atoms with Gasteiger partial charge >= 0.3 is 11.9 Å². The molecule has 310 valence electrons. The standard InChI is InChI=1S/C44H40F2N4O10/c45-26-9-7-24(8-10-26)25-19-30-37(54)34(39(56)44(50(30)23-25)16-5-2-6-17-44)41(58)48-22-33(53)60-31-20-27(46)11-12-28(31)29-13-18-49-36(29)38(55)35(42(59)47-21-32(51)52)40(57)43(49)14-3-1-4-15-43/h7-13,18-20,23,56-57H,1-6,14-17,21-22H2,(H,47,59)(H,48,58)(H,51,52). The molecule has 0 saturated heterocycles. The van der Waals surface area contributed by atoms with Gasteiger partial charge in [-0.05, 0) is 67.6 Å². The van der Waals surface area contributed by atoms with Gasteiger partial charge in [-0.15, -0.1) is 0 Å². The third-order valence-corrected chi connectivity index (χ3v) is 12.1. The molecule has 2 aliphatic carbocycles. The zero-order valence-electron chi connectivity index (χ0n) is 32.2. The van der Waals surface area contributed by atoms with Crippen molar-refractivity contribution >= 4 is 35.3 Å². The number of carboxylic acid groups (broad SMARTS) is 1. The molecular formula is C44H40F2N4O10. The van der Waals surface area contributed by atoms with E-state index in [0.717, 1.165) is 25.0 Å². The number of ketones is 2. The van der Waals surface area contributed by atoms with Crippen LogP contribution in [0.1, 0.15) is 85.2 Å². The van der Waals surface area contributed by atoms with Gasteiger partial charge in [0.25, 0.3) is 11.8 Å². The van der Waals surface area contributed by atoms with Crippen molar-refractivity contribution < 1.29 is 57.6 Å². The number of benzene rings is 2. The number of nitrogens with one attached hydrogen (secondary N) is 2. The largest absolute Gasteiger partial charge is 0.509 e. The molecule has 2 amide bonds. The number of amides is 2. The van der Waals surface area contributed by atoms with Gasteiger partial charge in [-0.2, -0.15) is 0 Å². The Hall–Kier alpha value is -6.84. The van der Waals surface area contributed by atoms with E-state index in [1.807, 2.05) is 0 Å². The van der Waals surface area contributed by atoms with Gasteiger partial charge in [0.2, 0.25) is 11.6 Å². The maximum atomic E-state index is 14.8. The summed E-state index contributed by atoms with van der Waals surface area (Å²) in [6.07, 6.45) is 9.22. The quantitative estimate of drug-likeness (QED) is 0.0739. The molecule has 0 atom stereocenters. The van der Waals surface area contributed by atoms with Crippen molar-refractivity contribution in [2.45, 2.75) is 75.3 Å². The van der Waals surface area contributed by atoms with Gasteiger partial charge in [-0.1, -0.05) is 50.7 Å². The van der Waals surface area contributed by atoms with Crippen molar-refractivity contribution in [1.82, 2.24) is 19.8 Å². The maximum absolute atomic E-state index is 14.8. The molecule has 2 fully saturated rings. The molecule has 60 heavy (non-hydrogen) atoms. The highest BCUT2D eigenvalue weighted by Crippen LogP contribution is 2.49. The number of aliphatic hydroxyl groups is 2. The van der Waals surface area contributed by atoms with Gasteiger partial charge in [-0.3, -0.25) is 24.0 Å². The monoisotopic (exact) mass is 822 g/mol. The minimum absolute atomic E-state index is 0.0515. The molecule has 2 aromatic carbocycles. The number of aromatic nitrogens is 2. The zero-order valence-corrected chi connectivity index (χ0v) is 32.2. The van der Waals surface area contributed by atoms with E-state index in [0.29, 0.717) is 62.5 Å². The van der Waals surface area contributed by atoms with Crippen LogP contribution >= 0.6 is 0 Å². The molecule has 4 aromatic rings. The molecule has 4 heterocycles. The average molecular weight is 823 g/mol. The fourth-order valence-corrected chi connectivity index (χ4v) is 9.28. The molecule has 2 saturated carbocycles. The summed E-state index contributed by atoms with van der Waals surface area (Å²) in [5, 5.41) is 36.9. The van der Waals surface area contributed by atoms with E-state index in [4.69, 9.17) is 9.84 Å². The van der Waals surface area contributed by atoms with E-state index in [1.54, 1.807) is 39.7 Å². The second-order valence-electron chi connectivity index (χ2n) is 15.6. The fourth-order valence-electron chi connectivity index (χ4n) is 9.28. The first kappa shape index (κ1) is 40.0. The van der Waals surface area contributed by atoms with Crippen molar-refractivity contribution in [1.29, 1.82) is 0 Å². The smallest absolute Gasteiger partial charge is 0.330 e. The lowest BCUT2D eigenvalue weighted by atomic mass is 9.75. The molecule has 0 bridgehead atoms. The van der Waals surface area contributed by atoms with Gasteiger partial charge < -0.3 is 39.8 Å². The highest BCUT2D eigenvalue weighted by Gasteiger charge is 2.50. The first-order chi connectivity index (χ1) is 28.8. The summed E-state index contributed by atoms with van der Waals surface area (Å²) in [5.74, 6) is -8.83. The number of allylic oxidation sites excluding steroid dienone is 2.